The molecule has 1 N–H and O–H groups in total. The average molecular weight is 222 g/mol. The standard InChI is InChI=1S/C13H18O3/c1-16-10-9-13(15)12(14)8-7-11-5-3-2-4-6-11/h2-6,12,14H,7-10H2,1H3. The maximum Gasteiger partial charge on any atom is 0.163 e. The first kappa shape index (κ1) is 12.9. The molecule has 16 heavy (non-hydrogen) atoms. The molecule has 1 aromatic rings. The van der Waals surface area contributed by atoms with Gasteiger partial charge in [0, 0.05) is 13.5 Å². The van der Waals surface area contributed by atoms with Gasteiger partial charge in [-0.25, -0.2) is 0 Å². The largest absolute Gasteiger partial charge is 0.385 e. The van der Waals surface area contributed by atoms with E-state index < -0.39 is 6.10 Å². The summed E-state index contributed by atoms with van der Waals surface area (Å²) in [7, 11) is 1.55. The number of benzene rings is 1. The van der Waals surface area contributed by atoms with Crippen LogP contribution < -0.4 is 0 Å². The molecule has 1 atom stereocenters. The molecule has 0 aliphatic rings. The Balaban J connectivity index is 2.29. The Kier molecular flexibility index (Phi) is 5.75. The first-order valence-corrected chi connectivity index (χ1v) is 5.47. The molecule has 0 aliphatic heterocycles. The van der Waals surface area contributed by atoms with Gasteiger partial charge in [-0.15, -0.1) is 0 Å². The van der Waals surface area contributed by atoms with E-state index in [1.165, 1.54) is 0 Å². The van der Waals surface area contributed by atoms with Gasteiger partial charge in [0.2, 0.25) is 0 Å². The smallest absolute Gasteiger partial charge is 0.163 e. The third-order valence-electron chi connectivity index (χ3n) is 2.47. The van der Waals surface area contributed by atoms with Crippen LogP contribution in [0.15, 0.2) is 30.3 Å². The number of hydrogen-bond acceptors (Lipinski definition) is 3. The Morgan fingerprint density at radius 1 is 1.38 bits per heavy atom. The molecule has 3 nitrogen and oxygen atoms in total. The van der Waals surface area contributed by atoms with Crippen LogP contribution in [0, 0.1) is 0 Å². The van der Waals surface area contributed by atoms with Crippen LogP contribution >= 0.6 is 0 Å². The maximum absolute atomic E-state index is 11.4. The van der Waals surface area contributed by atoms with Crippen LogP contribution in [0.1, 0.15) is 18.4 Å². The number of aryl methyl sites for hydroxylation is 1. The van der Waals surface area contributed by atoms with Crippen molar-refractivity contribution >= 4 is 5.78 Å². The van der Waals surface area contributed by atoms with Gasteiger partial charge in [-0.1, -0.05) is 30.3 Å². The summed E-state index contributed by atoms with van der Waals surface area (Å²) in [4.78, 5) is 11.4. The lowest BCUT2D eigenvalue weighted by Crippen LogP contribution is -2.22. The molecule has 0 aliphatic carbocycles. The van der Waals surface area contributed by atoms with Crippen molar-refractivity contribution in [3.05, 3.63) is 35.9 Å². The van der Waals surface area contributed by atoms with Crippen molar-refractivity contribution in [2.75, 3.05) is 13.7 Å². The quantitative estimate of drug-likeness (QED) is 0.762. The summed E-state index contributed by atoms with van der Waals surface area (Å²) in [6, 6.07) is 9.84. The Bertz CT molecular complexity index is 308. The van der Waals surface area contributed by atoms with Crippen molar-refractivity contribution in [2.24, 2.45) is 0 Å². The van der Waals surface area contributed by atoms with Crippen molar-refractivity contribution in [1.82, 2.24) is 0 Å². The van der Waals surface area contributed by atoms with Crippen LogP contribution in [-0.4, -0.2) is 30.7 Å². The van der Waals surface area contributed by atoms with E-state index in [4.69, 9.17) is 4.74 Å². The minimum absolute atomic E-state index is 0.141. The average Bonchev–Trinajstić information content (AvgIpc) is 2.34. The molecule has 0 spiro atoms. The molecular formula is C13H18O3. The number of rotatable bonds is 7. The van der Waals surface area contributed by atoms with Gasteiger partial charge in [0.15, 0.2) is 5.78 Å². The number of carbonyl (C=O) groups excluding carboxylic acids is 1. The van der Waals surface area contributed by atoms with Crippen molar-refractivity contribution < 1.29 is 14.6 Å². The van der Waals surface area contributed by atoms with Crippen molar-refractivity contribution in [3.63, 3.8) is 0 Å². The summed E-state index contributed by atoms with van der Waals surface area (Å²) < 4.78 is 4.79. The summed E-state index contributed by atoms with van der Waals surface area (Å²) in [6.45, 7) is 0.376. The summed E-state index contributed by atoms with van der Waals surface area (Å²) in [5.41, 5.74) is 1.14. The van der Waals surface area contributed by atoms with E-state index >= 15 is 0 Å². The molecule has 0 fully saturated rings. The van der Waals surface area contributed by atoms with Crippen LogP contribution in [0.3, 0.4) is 0 Å². The molecule has 0 amide bonds. The van der Waals surface area contributed by atoms with Crippen LogP contribution in [-0.2, 0) is 16.0 Å². The second-order valence-corrected chi connectivity index (χ2v) is 3.75. The topological polar surface area (TPSA) is 46.5 Å². The number of carbonyl (C=O) groups is 1. The molecular weight excluding hydrogens is 204 g/mol. The minimum Gasteiger partial charge on any atom is -0.385 e. The number of Topliss-reactive ketones (excluding diaryl/α,β-unsaturated/α-hetero) is 1. The number of hydrogen-bond donors (Lipinski definition) is 1. The molecule has 0 radical (unpaired) electrons. The summed E-state index contributed by atoms with van der Waals surface area (Å²) >= 11 is 0. The summed E-state index contributed by atoms with van der Waals surface area (Å²) in [6.07, 6.45) is 0.620. The zero-order chi connectivity index (χ0) is 11.8. The SMILES string of the molecule is COCCC(=O)C(O)CCc1ccccc1. The van der Waals surface area contributed by atoms with Gasteiger partial charge in [-0.05, 0) is 18.4 Å². The fraction of sp³-hybridized carbons (Fsp3) is 0.462. The predicted molar refractivity (Wildman–Crippen MR) is 62.3 cm³/mol. The van der Waals surface area contributed by atoms with E-state index in [-0.39, 0.29) is 12.2 Å². The van der Waals surface area contributed by atoms with Crippen molar-refractivity contribution in [1.29, 1.82) is 0 Å². The molecule has 0 bridgehead atoms. The van der Waals surface area contributed by atoms with Gasteiger partial charge in [-0.3, -0.25) is 4.79 Å². The highest BCUT2D eigenvalue weighted by Gasteiger charge is 2.13. The van der Waals surface area contributed by atoms with Crippen molar-refractivity contribution in [2.45, 2.75) is 25.4 Å². The lowest BCUT2D eigenvalue weighted by atomic mass is 10.0. The van der Waals surface area contributed by atoms with E-state index in [1.54, 1.807) is 7.11 Å². The summed E-state index contributed by atoms with van der Waals surface area (Å²) in [5, 5.41) is 9.60. The van der Waals surface area contributed by atoms with Crippen LogP contribution in [0.25, 0.3) is 0 Å². The lowest BCUT2D eigenvalue weighted by Gasteiger charge is -2.09. The molecule has 1 unspecified atom stereocenters. The minimum atomic E-state index is -0.865. The van der Waals surface area contributed by atoms with Gasteiger partial charge in [0.1, 0.15) is 6.10 Å². The number of methoxy groups -OCH3 is 1. The normalized spacial score (nSPS) is 12.4. The van der Waals surface area contributed by atoms with Crippen molar-refractivity contribution in [3.8, 4) is 0 Å². The van der Waals surface area contributed by atoms with E-state index in [2.05, 4.69) is 0 Å². The first-order chi connectivity index (χ1) is 7.74. The van der Waals surface area contributed by atoms with E-state index in [0.717, 1.165) is 12.0 Å². The predicted octanol–water partition coefficient (Wildman–Crippen LogP) is 1.59. The summed E-state index contributed by atoms with van der Waals surface area (Å²) in [5.74, 6) is -0.141. The second kappa shape index (κ2) is 7.14. The van der Waals surface area contributed by atoms with E-state index in [0.29, 0.717) is 13.0 Å². The Labute approximate surface area is 96.1 Å². The molecule has 0 saturated carbocycles. The number of ketones is 1. The van der Waals surface area contributed by atoms with Gasteiger partial charge < -0.3 is 9.84 Å². The monoisotopic (exact) mass is 222 g/mol. The molecule has 1 aromatic carbocycles. The molecule has 0 heterocycles. The fourth-order valence-corrected chi connectivity index (χ4v) is 1.48. The highest BCUT2D eigenvalue weighted by molar-refractivity contribution is 5.82. The maximum atomic E-state index is 11.4. The molecule has 3 heteroatoms. The number of aliphatic hydroxyl groups is 1. The third-order valence-corrected chi connectivity index (χ3v) is 2.47. The zero-order valence-electron chi connectivity index (χ0n) is 9.56. The molecule has 0 saturated heterocycles. The first-order valence-electron chi connectivity index (χ1n) is 5.47. The number of ether oxygens (including phenoxy) is 1. The van der Waals surface area contributed by atoms with Crippen LogP contribution in [0.4, 0.5) is 0 Å². The molecule has 0 aromatic heterocycles. The Hall–Kier alpha value is -1.19. The molecule has 88 valence electrons. The number of aliphatic hydroxyl groups excluding tert-OH is 1. The highest BCUT2D eigenvalue weighted by atomic mass is 16.5. The Morgan fingerprint density at radius 2 is 2.06 bits per heavy atom. The Morgan fingerprint density at radius 3 is 2.69 bits per heavy atom. The van der Waals surface area contributed by atoms with E-state index in [9.17, 15) is 9.90 Å². The third kappa shape index (κ3) is 4.55. The lowest BCUT2D eigenvalue weighted by molar-refractivity contribution is -0.128. The second-order valence-electron chi connectivity index (χ2n) is 3.75. The van der Waals surface area contributed by atoms with Gasteiger partial charge in [0.25, 0.3) is 0 Å². The van der Waals surface area contributed by atoms with E-state index in [1.807, 2.05) is 30.3 Å². The molecule has 1 rings (SSSR count). The van der Waals surface area contributed by atoms with Gasteiger partial charge >= 0.3 is 0 Å². The van der Waals surface area contributed by atoms with Gasteiger partial charge in [0.05, 0.1) is 6.61 Å². The highest BCUT2D eigenvalue weighted by Crippen LogP contribution is 2.06. The zero-order valence-corrected chi connectivity index (χ0v) is 9.56. The van der Waals surface area contributed by atoms with Crippen LogP contribution in [0.2, 0.25) is 0 Å². The van der Waals surface area contributed by atoms with Crippen LogP contribution in [0.5, 0.6) is 0 Å². The fourth-order valence-electron chi connectivity index (χ4n) is 1.48. The van der Waals surface area contributed by atoms with Gasteiger partial charge in [-0.2, -0.15) is 0 Å².